The van der Waals surface area contributed by atoms with Crippen LogP contribution in [0.25, 0.3) is 0 Å². The van der Waals surface area contributed by atoms with E-state index in [1.165, 1.54) is 5.56 Å². The fourth-order valence-corrected chi connectivity index (χ4v) is 1.93. The molecular weight excluding hydrogens is 214 g/mol. The highest BCUT2D eigenvalue weighted by atomic mass is 16.2. The van der Waals surface area contributed by atoms with Crippen molar-refractivity contribution in [3.63, 3.8) is 0 Å². The van der Waals surface area contributed by atoms with E-state index in [1.807, 2.05) is 17.0 Å². The van der Waals surface area contributed by atoms with Crippen LogP contribution in [-0.2, 0) is 6.42 Å². The molecule has 0 saturated carbocycles. The highest BCUT2D eigenvalue weighted by Crippen LogP contribution is 2.07. The number of carbonyl (C=O) groups is 1. The lowest BCUT2D eigenvalue weighted by Gasteiger charge is -2.32. The Morgan fingerprint density at radius 2 is 2.00 bits per heavy atom. The Morgan fingerprint density at radius 1 is 1.29 bits per heavy atom. The average molecular weight is 233 g/mol. The van der Waals surface area contributed by atoms with Crippen molar-refractivity contribution in [2.24, 2.45) is 0 Å². The number of pyridine rings is 1. The Kier molecular flexibility index (Phi) is 3.74. The first-order valence-electron chi connectivity index (χ1n) is 6.13. The van der Waals surface area contributed by atoms with Crippen LogP contribution in [0.3, 0.4) is 0 Å². The van der Waals surface area contributed by atoms with Gasteiger partial charge in [0, 0.05) is 32.4 Å². The molecule has 0 unspecified atom stereocenters. The van der Waals surface area contributed by atoms with E-state index in [-0.39, 0.29) is 5.91 Å². The van der Waals surface area contributed by atoms with Crippen LogP contribution < -0.4 is 0 Å². The second-order valence-corrected chi connectivity index (χ2v) is 4.50. The molecule has 0 aliphatic carbocycles. The van der Waals surface area contributed by atoms with Gasteiger partial charge < -0.3 is 9.80 Å². The number of hydrogen-bond donors (Lipinski definition) is 0. The predicted molar refractivity (Wildman–Crippen MR) is 67.0 cm³/mol. The molecule has 4 nitrogen and oxygen atoms in total. The lowest BCUT2D eigenvalue weighted by atomic mass is 10.2. The van der Waals surface area contributed by atoms with E-state index in [1.54, 1.807) is 6.20 Å². The molecular formula is C13H19N3O. The van der Waals surface area contributed by atoms with Crippen LogP contribution in [-0.4, -0.2) is 53.9 Å². The molecule has 2 rings (SSSR count). The summed E-state index contributed by atoms with van der Waals surface area (Å²) in [6, 6.07) is 3.82. The lowest BCUT2D eigenvalue weighted by molar-refractivity contribution is 0.0658. The summed E-state index contributed by atoms with van der Waals surface area (Å²) in [7, 11) is 2.08. The number of nitrogens with zero attached hydrogens (tertiary/aromatic N) is 3. The molecule has 1 amide bonds. The molecule has 17 heavy (non-hydrogen) atoms. The fraction of sp³-hybridized carbons (Fsp3) is 0.538. The van der Waals surface area contributed by atoms with Crippen molar-refractivity contribution in [2.45, 2.75) is 13.3 Å². The highest BCUT2D eigenvalue weighted by Gasteiger charge is 2.20. The molecule has 0 aromatic carbocycles. The smallest absolute Gasteiger partial charge is 0.272 e. The number of aryl methyl sites for hydroxylation is 1. The Morgan fingerprint density at radius 3 is 2.53 bits per heavy atom. The Bertz CT molecular complexity index is 380. The molecule has 1 fully saturated rings. The molecule has 0 radical (unpaired) electrons. The maximum absolute atomic E-state index is 12.2. The summed E-state index contributed by atoms with van der Waals surface area (Å²) < 4.78 is 0. The Hall–Kier alpha value is -1.42. The third-order valence-corrected chi connectivity index (χ3v) is 3.24. The van der Waals surface area contributed by atoms with E-state index < -0.39 is 0 Å². The normalized spacial score (nSPS) is 17.2. The van der Waals surface area contributed by atoms with Crippen molar-refractivity contribution < 1.29 is 4.79 Å². The minimum Gasteiger partial charge on any atom is -0.335 e. The molecule has 1 aliphatic rings. The molecule has 0 spiro atoms. The van der Waals surface area contributed by atoms with Crippen LogP contribution in [0.4, 0.5) is 0 Å². The SMILES string of the molecule is CCc1ccc(C(=O)N2CCN(C)CC2)nc1. The number of carbonyl (C=O) groups excluding carboxylic acids is 1. The Balaban J connectivity index is 2.03. The second kappa shape index (κ2) is 5.27. The number of likely N-dealkylation sites (N-methyl/N-ethyl adjacent to an activating group) is 1. The molecule has 0 bridgehead atoms. The highest BCUT2D eigenvalue weighted by molar-refractivity contribution is 5.92. The van der Waals surface area contributed by atoms with Gasteiger partial charge in [-0.25, -0.2) is 0 Å². The van der Waals surface area contributed by atoms with Gasteiger partial charge in [-0.2, -0.15) is 0 Å². The molecule has 1 saturated heterocycles. The minimum atomic E-state index is 0.0563. The first-order chi connectivity index (χ1) is 8.20. The van der Waals surface area contributed by atoms with Gasteiger partial charge in [0.1, 0.15) is 5.69 Å². The van der Waals surface area contributed by atoms with Crippen molar-refractivity contribution in [3.05, 3.63) is 29.6 Å². The van der Waals surface area contributed by atoms with Gasteiger partial charge in [0.15, 0.2) is 0 Å². The molecule has 1 aromatic heterocycles. The van der Waals surface area contributed by atoms with Crippen molar-refractivity contribution in [3.8, 4) is 0 Å². The van der Waals surface area contributed by atoms with Crippen LogP contribution in [0.15, 0.2) is 18.3 Å². The van der Waals surface area contributed by atoms with E-state index in [9.17, 15) is 4.79 Å². The summed E-state index contributed by atoms with van der Waals surface area (Å²) in [5, 5.41) is 0. The quantitative estimate of drug-likeness (QED) is 0.765. The van der Waals surface area contributed by atoms with Crippen LogP contribution in [0.1, 0.15) is 23.0 Å². The molecule has 1 aromatic rings. The first kappa shape index (κ1) is 12.0. The van der Waals surface area contributed by atoms with Crippen LogP contribution in [0.5, 0.6) is 0 Å². The molecule has 4 heteroatoms. The lowest BCUT2D eigenvalue weighted by Crippen LogP contribution is -2.47. The molecule has 2 heterocycles. The summed E-state index contributed by atoms with van der Waals surface area (Å²) >= 11 is 0. The maximum atomic E-state index is 12.2. The van der Waals surface area contributed by atoms with E-state index in [0.717, 1.165) is 32.6 Å². The number of hydrogen-bond acceptors (Lipinski definition) is 3. The van der Waals surface area contributed by atoms with Gasteiger partial charge in [0.25, 0.3) is 5.91 Å². The first-order valence-corrected chi connectivity index (χ1v) is 6.13. The number of amides is 1. The third-order valence-electron chi connectivity index (χ3n) is 3.24. The van der Waals surface area contributed by atoms with Crippen LogP contribution in [0, 0.1) is 0 Å². The summed E-state index contributed by atoms with van der Waals surface area (Å²) in [5.74, 6) is 0.0563. The van der Waals surface area contributed by atoms with Crippen LogP contribution in [0.2, 0.25) is 0 Å². The zero-order valence-electron chi connectivity index (χ0n) is 10.5. The van der Waals surface area contributed by atoms with Crippen LogP contribution >= 0.6 is 0 Å². The van der Waals surface area contributed by atoms with E-state index in [4.69, 9.17) is 0 Å². The van der Waals surface area contributed by atoms with Crippen molar-refractivity contribution >= 4 is 5.91 Å². The monoisotopic (exact) mass is 233 g/mol. The van der Waals surface area contributed by atoms with Gasteiger partial charge in [-0.05, 0) is 25.1 Å². The van der Waals surface area contributed by atoms with Gasteiger partial charge in [0.05, 0.1) is 0 Å². The summed E-state index contributed by atoms with van der Waals surface area (Å²) in [4.78, 5) is 20.5. The third kappa shape index (κ3) is 2.82. The van der Waals surface area contributed by atoms with Crippen molar-refractivity contribution in [1.29, 1.82) is 0 Å². The standard InChI is InChI=1S/C13H19N3O/c1-3-11-4-5-12(14-10-11)13(17)16-8-6-15(2)7-9-16/h4-5,10H,3,6-9H2,1-2H3. The zero-order chi connectivity index (χ0) is 12.3. The average Bonchev–Trinajstić information content (AvgIpc) is 2.39. The van der Waals surface area contributed by atoms with Gasteiger partial charge in [-0.3, -0.25) is 9.78 Å². The van der Waals surface area contributed by atoms with Crippen molar-refractivity contribution in [1.82, 2.24) is 14.8 Å². The topological polar surface area (TPSA) is 36.4 Å². The summed E-state index contributed by atoms with van der Waals surface area (Å²) in [6.45, 7) is 5.57. The fourth-order valence-electron chi connectivity index (χ4n) is 1.93. The van der Waals surface area contributed by atoms with Gasteiger partial charge in [-0.15, -0.1) is 0 Å². The number of aromatic nitrogens is 1. The van der Waals surface area contributed by atoms with Crippen molar-refractivity contribution in [2.75, 3.05) is 33.2 Å². The number of rotatable bonds is 2. The zero-order valence-corrected chi connectivity index (χ0v) is 10.5. The molecule has 92 valence electrons. The van der Waals surface area contributed by atoms with E-state index in [2.05, 4.69) is 23.9 Å². The predicted octanol–water partition coefficient (Wildman–Crippen LogP) is 1.03. The van der Waals surface area contributed by atoms with Gasteiger partial charge >= 0.3 is 0 Å². The van der Waals surface area contributed by atoms with Gasteiger partial charge in [-0.1, -0.05) is 13.0 Å². The summed E-state index contributed by atoms with van der Waals surface area (Å²) in [5.41, 5.74) is 1.73. The summed E-state index contributed by atoms with van der Waals surface area (Å²) in [6.07, 6.45) is 2.75. The molecule has 0 N–H and O–H groups in total. The maximum Gasteiger partial charge on any atom is 0.272 e. The molecule has 0 atom stereocenters. The van der Waals surface area contributed by atoms with E-state index >= 15 is 0 Å². The Labute approximate surface area is 102 Å². The minimum absolute atomic E-state index is 0.0563. The molecule has 1 aliphatic heterocycles. The number of piperazine rings is 1. The second-order valence-electron chi connectivity index (χ2n) is 4.50. The largest absolute Gasteiger partial charge is 0.335 e. The van der Waals surface area contributed by atoms with E-state index in [0.29, 0.717) is 5.69 Å². The van der Waals surface area contributed by atoms with Gasteiger partial charge in [0.2, 0.25) is 0 Å².